The van der Waals surface area contributed by atoms with E-state index >= 15 is 0 Å². The Morgan fingerprint density at radius 3 is 0.989 bits per heavy atom. The van der Waals surface area contributed by atoms with Crippen LogP contribution in [0.15, 0.2) is 199 Å². The quantitative estimate of drug-likeness (QED) is 0.0352. The molecule has 0 saturated carbocycles. The number of benzene rings is 8. The number of phenolic OH excluding ortho intramolecular Hbond substituents is 2. The van der Waals surface area contributed by atoms with E-state index in [1.54, 1.807) is 62.4 Å². The number of rotatable bonds is 18. The number of nitrogens with one attached hydrogen (secondary N) is 2. The second-order valence-electron chi connectivity index (χ2n) is 20.6. The van der Waals surface area contributed by atoms with Crippen LogP contribution >= 0.6 is 0 Å². The van der Waals surface area contributed by atoms with Gasteiger partial charge < -0.3 is 19.7 Å². The second-order valence-corrected chi connectivity index (χ2v) is 20.6. The number of nitro groups is 4. The summed E-state index contributed by atoms with van der Waals surface area (Å²) in [5.74, 6) is 0.700. The molecule has 4 N–H and O–H groups in total. The van der Waals surface area contributed by atoms with E-state index in [-0.39, 0.29) is 108 Å². The van der Waals surface area contributed by atoms with Crippen molar-refractivity contribution in [2.45, 2.75) is 52.7 Å². The maximum absolute atomic E-state index is 12.5. The molecule has 0 saturated heterocycles. The highest BCUT2D eigenvalue weighted by Crippen LogP contribution is 2.43. The molecule has 1 aliphatic rings. The Morgan fingerprint density at radius 1 is 0.400 bits per heavy atom. The van der Waals surface area contributed by atoms with E-state index in [0.717, 1.165) is 0 Å². The number of aryl methyl sites for hydroxylation is 2. The number of nitrogens with zero attached hydrogens (tertiary/aromatic N) is 14. The molecule has 0 aliphatic heterocycles. The lowest BCUT2D eigenvalue weighted by molar-refractivity contribution is -0.385. The molecule has 2 aromatic heterocycles. The van der Waals surface area contributed by atoms with Crippen molar-refractivity contribution in [3.63, 3.8) is 0 Å². The number of fused-ring (bicyclic) bond motifs is 8. The smallest absolute Gasteiger partial charge is 0.269 e. The van der Waals surface area contributed by atoms with Crippen molar-refractivity contribution in [1.82, 2.24) is 20.4 Å². The zero-order valence-electron chi connectivity index (χ0n) is 47.5. The lowest BCUT2D eigenvalue weighted by atomic mass is 9.91. The molecule has 90 heavy (non-hydrogen) atoms. The van der Waals surface area contributed by atoms with E-state index in [4.69, 9.17) is 9.47 Å². The summed E-state index contributed by atoms with van der Waals surface area (Å²) in [5.41, 5.74) is 7.40. The highest BCUT2D eigenvalue weighted by Gasteiger charge is 2.24. The summed E-state index contributed by atoms with van der Waals surface area (Å²) in [6.45, 7) is 3.33. The first-order valence-electron chi connectivity index (χ1n) is 27.4. The van der Waals surface area contributed by atoms with Crippen LogP contribution < -0.4 is 9.47 Å². The number of aromatic amines is 2. The van der Waals surface area contributed by atoms with Crippen LogP contribution in [0, 0.1) is 54.3 Å². The average molecular weight is 1210 g/mol. The molecule has 28 heteroatoms. The van der Waals surface area contributed by atoms with Gasteiger partial charge in [-0.1, -0.05) is 36.4 Å². The van der Waals surface area contributed by atoms with Crippen molar-refractivity contribution >= 4 is 68.5 Å². The summed E-state index contributed by atoms with van der Waals surface area (Å²) in [6, 6.07) is 40.4. The predicted octanol–water partition coefficient (Wildman–Crippen LogP) is 16.3. The number of hydrogen-bond donors (Lipinski definition) is 4. The molecule has 2 heterocycles. The van der Waals surface area contributed by atoms with Gasteiger partial charge in [0.25, 0.3) is 22.7 Å². The summed E-state index contributed by atoms with van der Waals surface area (Å²) in [5, 5.41) is 121. The van der Waals surface area contributed by atoms with Crippen LogP contribution in [0.5, 0.6) is 23.0 Å². The highest BCUT2D eigenvalue weighted by atomic mass is 16.6. The fourth-order valence-corrected chi connectivity index (χ4v) is 9.81. The van der Waals surface area contributed by atoms with Gasteiger partial charge in [-0.25, -0.2) is 0 Å². The fourth-order valence-electron chi connectivity index (χ4n) is 9.81. The Kier molecular flexibility index (Phi) is 17.0. The Bertz CT molecular complexity index is 4170. The fraction of sp³-hybridized carbons (Fsp3) is 0.129. The summed E-state index contributed by atoms with van der Waals surface area (Å²) >= 11 is 0. The number of aromatic nitrogens is 4. The molecule has 11 rings (SSSR count). The molecule has 8 bridgehead atoms. The van der Waals surface area contributed by atoms with E-state index < -0.39 is 19.7 Å². The third-order valence-electron chi connectivity index (χ3n) is 14.4. The number of nitro benzene ring substituents is 4. The number of non-ortho nitro benzene ring substituents is 4. The molecule has 0 spiro atoms. The van der Waals surface area contributed by atoms with Gasteiger partial charge >= 0.3 is 0 Å². The van der Waals surface area contributed by atoms with E-state index in [1.807, 2.05) is 36.4 Å². The van der Waals surface area contributed by atoms with Crippen LogP contribution in [0.3, 0.4) is 0 Å². The Hall–Kier alpha value is -12.6. The van der Waals surface area contributed by atoms with Gasteiger partial charge in [0.05, 0.1) is 53.8 Å². The molecule has 0 fully saturated rings. The van der Waals surface area contributed by atoms with Gasteiger partial charge in [0.1, 0.15) is 36.2 Å². The number of hydrogen-bond acceptors (Lipinski definition) is 22. The van der Waals surface area contributed by atoms with E-state index in [2.05, 4.69) is 61.3 Å². The lowest BCUT2D eigenvalue weighted by Crippen LogP contribution is -2.06. The van der Waals surface area contributed by atoms with Gasteiger partial charge in [0.2, 0.25) is 11.6 Å². The number of H-pyrrole nitrogens is 2. The first kappa shape index (κ1) is 59.1. The Balaban J connectivity index is 1.03. The molecular weight excluding hydrogens is 1160 g/mol. The molecular formula is C62H48N16O12. The standard InChI is InChI=1S/C62H48N16O12/c1-35-55(69-65-47-13-21-53(22-14-47)77(85)86)61(71-63-35)73-67-49-29-43-25-39-5-3-7-41(59(39)89-33-37-9-17-51(18-10-37)75(81)82)27-45-31-50(68-74-62-56(36(2)64-72-62)70-66-48-15-23-54(24-16-48)78(87)88)32-46(58(45)80)28-42-8-4-6-40(26-44(30-49)57(43)79)60(42)90-34-38-11-19-52(20-12-38)76(83)84/h3-24,29-32,79-80H,25-28,33-34H2,1-2H3,(H,63,71)(H,64,72). The maximum atomic E-state index is 12.5. The lowest BCUT2D eigenvalue weighted by Gasteiger charge is -2.21. The topological polar surface area (TPSA) is 388 Å². The van der Waals surface area contributed by atoms with Gasteiger partial charge in [-0.15, -0.1) is 30.7 Å². The van der Waals surface area contributed by atoms with Gasteiger partial charge in [-0.05, 0) is 120 Å². The monoisotopic (exact) mass is 1210 g/mol. The molecule has 28 nitrogen and oxygen atoms in total. The zero-order valence-corrected chi connectivity index (χ0v) is 47.5. The number of aromatic hydroxyl groups is 2. The maximum Gasteiger partial charge on any atom is 0.269 e. The van der Waals surface area contributed by atoms with Gasteiger partial charge in [-0.2, -0.15) is 20.4 Å². The van der Waals surface area contributed by atoms with Crippen molar-refractivity contribution in [3.05, 3.63) is 265 Å². The average Bonchev–Trinajstić information content (AvgIpc) is 1.40. The van der Waals surface area contributed by atoms with Crippen LogP contribution in [0.4, 0.5) is 68.5 Å². The summed E-state index contributed by atoms with van der Waals surface area (Å²) in [6.07, 6.45) is 0.126. The summed E-state index contributed by atoms with van der Waals surface area (Å²) in [4.78, 5) is 43.7. The largest absolute Gasteiger partial charge is 0.507 e. The summed E-state index contributed by atoms with van der Waals surface area (Å²) < 4.78 is 13.4. The second kappa shape index (κ2) is 25.9. The van der Waals surface area contributed by atoms with E-state index in [1.165, 1.54) is 72.8 Å². The highest BCUT2D eigenvalue weighted by molar-refractivity contribution is 5.64. The minimum Gasteiger partial charge on any atom is -0.507 e. The zero-order chi connectivity index (χ0) is 63.0. The van der Waals surface area contributed by atoms with Crippen LogP contribution in [0.2, 0.25) is 0 Å². The van der Waals surface area contributed by atoms with E-state index in [0.29, 0.717) is 89.9 Å². The van der Waals surface area contributed by atoms with Crippen molar-refractivity contribution < 1.29 is 39.4 Å². The third-order valence-corrected chi connectivity index (χ3v) is 14.4. The number of ether oxygens (including phenoxy) is 2. The molecule has 0 radical (unpaired) electrons. The number of phenols is 2. The number of azo groups is 4. The first-order valence-corrected chi connectivity index (χ1v) is 27.4. The van der Waals surface area contributed by atoms with Crippen molar-refractivity contribution in [1.29, 1.82) is 0 Å². The Labute approximate surface area is 508 Å². The van der Waals surface area contributed by atoms with Crippen molar-refractivity contribution in [2.24, 2.45) is 40.9 Å². The van der Waals surface area contributed by atoms with Gasteiger partial charge in [0, 0.05) is 96.5 Å². The van der Waals surface area contributed by atoms with Crippen LogP contribution in [-0.4, -0.2) is 50.3 Å². The van der Waals surface area contributed by atoms with E-state index in [9.17, 15) is 50.7 Å². The van der Waals surface area contributed by atoms with Crippen LogP contribution in [0.1, 0.15) is 67.0 Å². The van der Waals surface area contributed by atoms with Crippen molar-refractivity contribution in [2.75, 3.05) is 0 Å². The molecule has 0 amide bonds. The normalized spacial score (nSPS) is 12.3. The molecule has 1 aliphatic carbocycles. The minimum atomic E-state index is -0.521. The van der Waals surface area contributed by atoms with Crippen LogP contribution in [0.25, 0.3) is 0 Å². The SMILES string of the molecule is Cc1[nH]nc(N=Nc2cc3c(O)c(c2)Cc2cccc(c2OCc2ccc([N+](=O)[O-])cc2)Cc2cc(N=Nc4n[nH]c(C)c4N=Nc4ccc([N+](=O)[O-])cc4)cc(c2O)Cc2cccc(c2OCc2ccc([N+](=O)[O-])cc2)C3)c1N=Nc1ccc([N+](=O)[O-])cc1. The number of para-hydroxylation sites is 2. The van der Waals surface area contributed by atoms with Gasteiger partial charge in [-0.3, -0.25) is 50.7 Å². The molecule has 448 valence electrons. The molecule has 0 atom stereocenters. The first-order chi connectivity index (χ1) is 43.5. The summed E-state index contributed by atoms with van der Waals surface area (Å²) in [7, 11) is 0. The molecule has 10 aromatic rings. The Morgan fingerprint density at radius 2 is 0.689 bits per heavy atom. The molecule has 8 aromatic carbocycles. The van der Waals surface area contributed by atoms with Gasteiger partial charge in [0.15, 0.2) is 11.4 Å². The van der Waals surface area contributed by atoms with Crippen molar-refractivity contribution in [3.8, 4) is 23.0 Å². The third kappa shape index (κ3) is 13.6. The van der Waals surface area contributed by atoms with Crippen LogP contribution in [-0.2, 0) is 38.9 Å². The minimum absolute atomic E-state index is 0.0316. The predicted molar refractivity (Wildman–Crippen MR) is 325 cm³/mol. The molecule has 0 unspecified atom stereocenters.